The predicted molar refractivity (Wildman–Crippen MR) is 81.7 cm³/mol. The van der Waals surface area contributed by atoms with Crippen LogP contribution in [0.4, 0.5) is 0 Å². The topological polar surface area (TPSA) is 40.5 Å². The van der Waals surface area contributed by atoms with E-state index in [2.05, 4.69) is 15.9 Å². The lowest BCUT2D eigenvalue weighted by molar-refractivity contribution is -0.127. The Morgan fingerprint density at radius 3 is 2.68 bits per heavy atom. The second-order valence-electron chi connectivity index (χ2n) is 4.56. The SMILES string of the molecule is CC(C)N(CCCO)C(=O)/C=C/c1ccccc1Br. The molecule has 1 rings (SSSR count). The highest BCUT2D eigenvalue weighted by atomic mass is 79.9. The molecule has 3 nitrogen and oxygen atoms in total. The molecule has 1 amide bonds. The normalized spacial score (nSPS) is 11.2. The molecule has 19 heavy (non-hydrogen) atoms. The minimum Gasteiger partial charge on any atom is -0.396 e. The van der Waals surface area contributed by atoms with Crippen LogP contribution in [0, 0.1) is 0 Å². The molecular formula is C15H20BrNO2. The third-order valence-electron chi connectivity index (χ3n) is 2.77. The molecule has 0 aromatic heterocycles. The molecule has 104 valence electrons. The van der Waals surface area contributed by atoms with E-state index >= 15 is 0 Å². The van der Waals surface area contributed by atoms with Crippen LogP contribution < -0.4 is 0 Å². The van der Waals surface area contributed by atoms with Gasteiger partial charge in [-0.05, 0) is 38.0 Å². The van der Waals surface area contributed by atoms with Gasteiger partial charge in [0.2, 0.25) is 5.91 Å². The van der Waals surface area contributed by atoms with E-state index in [1.165, 1.54) is 0 Å². The first-order valence-electron chi connectivity index (χ1n) is 6.40. The van der Waals surface area contributed by atoms with Gasteiger partial charge in [-0.25, -0.2) is 0 Å². The minimum atomic E-state index is -0.0285. The largest absolute Gasteiger partial charge is 0.396 e. The molecule has 0 atom stereocenters. The molecule has 0 spiro atoms. The van der Waals surface area contributed by atoms with E-state index in [0.29, 0.717) is 13.0 Å². The molecule has 0 aliphatic heterocycles. The first-order valence-corrected chi connectivity index (χ1v) is 7.19. The Morgan fingerprint density at radius 2 is 2.11 bits per heavy atom. The molecule has 0 aliphatic rings. The van der Waals surface area contributed by atoms with Gasteiger partial charge in [-0.3, -0.25) is 4.79 Å². The lowest BCUT2D eigenvalue weighted by Gasteiger charge is -2.25. The maximum atomic E-state index is 12.1. The summed E-state index contributed by atoms with van der Waals surface area (Å²) >= 11 is 3.45. The van der Waals surface area contributed by atoms with Crippen molar-refractivity contribution in [2.45, 2.75) is 26.3 Å². The zero-order chi connectivity index (χ0) is 14.3. The molecule has 0 fully saturated rings. The first-order chi connectivity index (χ1) is 9.06. The summed E-state index contributed by atoms with van der Waals surface area (Å²) in [5.41, 5.74) is 0.974. The van der Waals surface area contributed by atoms with Crippen LogP contribution in [-0.2, 0) is 4.79 Å². The fourth-order valence-electron chi connectivity index (χ4n) is 1.73. The first kappa shape index (κ1) is 15.9. The average Bonchev–Trinajstić information content (AvgIpc) is 2.38. The second kappa shape index (κ2) is 8.12. The number of nitrogens with zero attached hydrogens (tertiary/aromatic N) is 1. The van der Waals surface area contributed by atoms with E-state index in [4.69, 9.17) is 5.11 Å². The van der Waals surface area contributed by atoms with E-state index in [0.717, 1.165) is 10.0 Å². The Morgan fingerprint density at radius 1 is 1.42 bits per heavy atom. The van der Waals surface area contributed by atoms with Crippen molar-refractivity contribution in [3.63, 3.8) is 0 Å². The van der Waals surface area contributed by atoms with Crippen molar-refractivity contribution in [1.29, 1.82) is 0 Å². The number of amides is 1. The summed E-state index contributed by atoms with van der Waals surface area (Å²) in [5.74, 6) is -0.0285. The van der Waals surface area contributed by atoms with Crippen LogP contribution in [0.15, 0.2) is 34.8 Å². The number of hydrogen-bond acceptors (Lipinski definition) is 2. The number of aliphatic hydroxyl groups excluding tert-OH is 1. The standard InChI is InChI=1S/C15H20BrNO2/c1-12(2)17(10-5-11-18)15(19)9-8-13-6-3-4-7-14(13)16/h3-4,6-9,12,18H,5,10-11H2,1-2H3/b9-8+. The van der Waals surface area contributed by atoms with Gasteiger partial charge < -0.3 is 10.0 Å². The van der Waals surface area contributed by atoms with Crippen molar-refractivity contribution in [2.75, 3.05) is 13.2 Å². The number of rotatable bonds is 6. The van der Waals surface area contributed by atoms with Crippen LogP contribution in [0.2, 0.25) is 0 Å². The number of carbonyl (C=O) groups is 1. The van der Waals surface area contributed by atoms with Gasteiger partial charge in [-0.2, -0.15) is 0 Å². The Bertz CT molecular complexity index is 444. The molecule has 0 radical (unpaired) electrons. The van der Waals surface area contributed by atoms with Gasteiger partial charge in [0.15, 0.2) is 0 Å². The van der Waals surface area contributed by atoms with Gasteiger partial charge in [0.1, 0.15) is 0 Å². The van der Waals surface area contributed by atoms with Crippen molar-refractivity contribution < 1.29 is 9.90 Å². The summed E-state index contributed by atoms with van der Waals surface area (Å²) in [5, 5.41) is 8.86. The fraction of sp³-hybridized carbons (Fsp3) is 0.400. The summed E-state index contributed by atoms with van der Waals surface area (Å²) in [6, 6.07) is 7.88. The molecule has 0 bridgehead atoms. The fourth-order valence-corrected chi connectivity index (χ4v) is 2.15. The van der Waals surface area contributed by atoms with Gasteiger partial charge in [-0.1, -0.05) is 34.1 Å². The molecule has 0 heterocycles. The van der Waals surface area contributed by atoms with Gasteiger partial charge in [0, 0.05) is 29.7 Å². The van der Waals surface area contributed by atoms with Crippen LogP contribution >= 0.6 is 15.9 Å². The zero-order valence-electron chi connectivity index (χ0n) is 11.3. The summed E-state index contributed by atoms with van der Waals surface area (Å²) in [4.78, 5) is 13.9. The summed E-state index contributed by atoms with van der Waals surface area (Å²) in [7, 11) is 0. The minimum absolute atomic E-state index is 0.0285. The maximum absolute atomic E-state index is 12.1. The van der Waals surface area contributed by atoms with Crippen molar-refractivity contribution >= 4 is 27.9 Å². The van der Waals surface area contributed by atoms with Gasteiger partial charge in [-0.15, -0.1) is 0 Å². The lowest BCUT2D eigenvalue weighted by Crippen LogP contribution is -2.36. The summed E-state index contributed by atoms with van der Waals surface area (Å²) in [6.45, 7) is 4.63. The van der Waals surface area contributed by atoms with E-state index < -0.39 is 0 Å². The second-order valence-corrected chi connectivity index (χ2v) is 5.41. The smallest absolute Gasteiger partial charge is 0.246 e. The Labute approximate surface area is 123 Å². The molecule has 1 aromatic rings. The summed E-state index contributed by atoms with van der Waals surface area (Å²) < 4.78 is 0.963. The molecule has 0 aliphatic carbocycles. The van der Waals surface area contributed by atoms with E-state index in [9.17, 15) is 4.79 Å². The number of hydrogen-bond donors (Lipinski definition) is 1. The molecule has 0 unspecified atom stereocenters. The Hall–Kier alpha value is -1.13. The van der Waals surface area contributed by atoms with E-state index in [-0.39, 0.29) is 18.6 Å². The molecule has 1 aromatic carbocycles. The predicted octanol–water partition coefficient (Wildman–Crippen LogP) is 3.08. The zero-order valence-corrected chi connectivity index (χ0v) is 12.9. The molecule has 0 saturated heterocycles. The average molecular weight is 326 g/mol. The highest BCUT2D eigenvalue weighted by Crippen LogP contribution is 2.17. The number of aliphatic hydroxyl groups is 1. The highest BCUT2D eigenvalue weighted by molar-refractivity contribution is 9.10. The Balaban J connectivity index is 2.73. The molecule has 4 heteroatoms. The van der Waals surface area contributed by atoms with Crippen molar-refractivity contribution in [1.82, 2.24) is 4.90 Å². The molecule has 0 saturated carbocycles. The van der Waals surface area contributed by atoms with Crippen LogP contribution in [0.5, 0.6) is 0 Å². The van der Waals surface area contributed by atoms with Gasteiger partial charge >= 0.3 is 0 Å². The molecule has 1 N–H and O–H groups in total. The third-order valence-corrected chi connectivity index (χ3v) is 3.50. The third kappa shape index (κ3) is 5.17. The van der Waals surface area contributed by atoms with Gasteiger partial charge in [0.05, 0.1) is 0 Å². The monoisotopic (exact) mass is 325 g/mol. The van der Waals surface area contributed by atoms with Crippen molar-refractivity contribution in [3.05, 3.63) is 40.4 Å². The number of halogens is 1. The van der Waals surface area contributed by atoms with Crippen molar-refractivity contribution in [2.24, 2.45) is 0 Å². The van der Waals surface area contributed by atoms with Crippen LogP contribution in [0.1, 0.15) is 25.8 Å². The van der Waals surface area contributed by atoms with Crippen LogP contribution in [0.3, 0.4) is 0 Å². The van der Waals surface area contributed by atoms with Gasteiger partial charge in [0.25, 0.3) is 0 Å². The highest BCUT2D eigenvalue weighted by Gasteiger charge is 2.13. The van der Waals surface area contributed by atoms with E-state index in [1.54, 1.807) is 17.1 Å². The van der Waals surface area contributed by atoms with Crippen LogP contribution in [-0.4, -0.2) is 35.1 Å². The number of carbonyl (C=O) groups excluding carboxylic acids is 1. The maximum Gasteiger partial charge on any atom is 0.246 e. The van der Waals surface area contributed by atoms with Crippen LogP contribution in [0.25, 0.3) is 6.08 Å². The number of benzene rings is 1. The van der Waals surface area contributed by atoms with Crippen molar-refractivity contribution in [3.8, 4) is 0 Å². The summed E-state index contributed by atoms with van der Waals surface area (Å²) in [6.07, 6.45) is 3.99. The quantitative estimate of drug-likeness (QED) is 0.816. The van der Waals surface area contributed by atoms with E-state index in [1.807, 2.05) is 38.1 Å². The lowest BCUT2D eigenvalue weighted by atomic mass is 10.2. The molecular weight excluding hydrogens is 306 g/mol. The Kier molecular flexibility index (Phi) is 6.81.